The van der Waals surface area contributed by atoms with Crippen LogP contribution < -0.4 is 0 Å². The van der Waals surface area contributed by atoms with Crippen LogP contribution in [0, 0.1) is 6.92 Å². The third kappa shape index (κ3) is 3.23. The van der Waals surface area contributed by atoms with Crippen molar-refractivity contribution >= 4 is 5.91 Å². The molecule has 0 aliphatic carbocycles. The minimum absolute atomic E-state index is 0.0245. The average molecular weight is 361 g/mol. The summed E-state index contributed by atoms with van der Waals surface area (Å²) in [5.74, 6) is -0.0245. The number of nitrogens with zero attached hydrogens (tertiary/aromatic N) is 5. The molecule has 2 unspecified atom stereocenters. The van der Waals surface area contributed by atoms with Crippen LogP contribution in [-0.4, -0.2) is 42.6 Å². The van der Waals surface area contributed by atoms with Gasteiger partial charge in [-0.25, -0.2) is 4.68 Å². The zero-order valence-corrected chi connectivity index (χ0v) is 15.8. The van der Waals surface area contributed by atoms with Crippen LogP contribution in [-0.2, 0) is 0 Å². The summed E-state index contributed by atoms with van der Waals surface area (Å²) in [7, 11) is 0. The largest absolute Gasteiger partial charge is 0.332 e. The molecule has 0 aromatic carbocycles. The van der Waals surface area contributed by atoms with Gasteiger partial charge in [-0.2, -0.15) is 5.10 Å². The second-order valence-corrected chi connectivity index (χ2v) is 7.19. The predicted molar refractivity (Wildman–Crippen MR) is 104 cm³/mol. The molecule has 0 radical (unpaired) electrons. The molecule has 1 aliphatic heterocycles. The molecule has 0 bridgehead atoms. The van der Waals surface area contributed by atoms with Gasteiger partial charge in [0.1, 0.15) is 0 Å². The van der Waals surface area contributed by atoms with Gasteiger partial charge in [0.15, 0.2) is 5.69 Å². The van der Waals surface area contributed by atoms with Crippen molar-refractivity contribution in [2.24, 2.45) is 0 Å². The number of carbonyl (C=O) groups excluding carboxylic acids is 1. The Bertz CT molecular complexity index is 938. The van der Waals surface area contributed by atoms with Gasteiger partial charge in [-0.05, 0) is 63.9 Å². The monoisotopic (exact) mass is 361 g/mol. The van der Waals surface area contributed by atoms with E-state index in [0.29, 0.717) is 5.69 Å². The van der Waals surface area contributed by atoms with Gasteiger partial charge in [0, 0.05) is 24.0 Å². The van der Waals surface area contributed by atoms with Crippen molar-refractivity contribution in [1.82, 2.24) is 24.6 Å². The summed E-state index contributed by atoms with van der Waals surface area (Å²) in [6.45, 7) is 6.14. The van der Waals surface area contributed by atoms with E-state index in [1.54, 1.807) is 17.1 Å². The first-order valence-electron chi connectivity index (χ1n) is 9.32. The quantitative estimate of drug-likeness (QED) is 0.714. The number of aryl methyl sites for hydroxylation is 1. The number of amides is 1. The zero-order valence-electron chi connectivity index (χ0n) is 15.8. The second-order valence-electron chi connectivity index (χ2n) is 7.19. The number of hydrogen-bond acceptors (Lipinski definition) is 4. The Morgan fingerprint density at radius 3 is 2.48 bits per heavy atom. The maximum atomic E-state index is 13.2. The van der Waals surface area contributed by atoms with Gasteiger partial charge >= 0.3 is 0 Å². The molecule has 1 amide bonds. The Balaban J connectivity index is 1.80. The molecule has 0 saturated carbocycles. The number of aromatic nitrogens is 4. The van der Waals surface area contributed by atoms with E-state index in [1.807, 2.05) is 48.2 Å². The summed E-state index contributed by atoms with van der Waals surface area (Å²) in [6, 6.07) is 11.9. The summed E-state index contributed by atoms with van der Waals surface area (Å²) in [5.41, 5.74) is 3.73. The van der Waals surface area contributed by atoms with Gasteiger partial charge < -0.3 is 4.90 Å². The molecular weight excluding hydrogens is 338 g/mol. The smallest absolute Gasteiger partial charge is 0.274 e. The van der Waals surface area contributed by atoms with E-state index in [0.717, 1.165) is 35.6 Å². The molecule has 1 saturated heterocycles. The second kappa shape index (κ2) is 6.95. The highest BCUT2D eigenvalue weighted by molar-refractivity contribution is 5.94. The first kappa shape index (κ1) is 17.4. The molecule has 2 atom stereocenters. The van der Waals surface area contributed by atoms with E-state index in [2.05, 4.69) is 28.9 Å². The summed E-state index contributed by atoms with van der Waals surface area (Å²) >= 11 is 0. The van der Waals surface area contributed by atoms with Crippen LogP contribution in [0.2, 0.25) is 0 Å². The SMILES string of the molecule is Cc1ccc(-n2nc(C(=O)N3C(C)CCC3C)cc2-c2ccccn2)cn1. The number of hydrogen-bond donors (Lipinski definition) is 0. The number of carbonyl (C=O) groups is 1. The first-order chi connectivity index (χ1) is 13.0. The lowest BCUT2D eigenvalue weighted by molar-refractivity contribution is 0.0686. The predicted octanol–water partition coefficient (Wildman–Crippen LogP) is 3.65. The topological polar surface area (TPSA) is 63.9 Å². The van der Waals surface area contributed by atoms with Gasteiger partial charge in [-0.1, -0.05) is 6.07 Å². The standard InChI is InChI=1S/C21H23N5O/c1-14-7-10-17(13-23-14)26-20(18-6-4-5-11-22-18)12-19(24-26)21(27)25-15(2)8-9-16(25)3/h4-7,10-13,15-16H,8-9H2,1-3H3. The Labute approximate surface area is 158 Å². The van der Waals surface area contributed by atoms with Gasteiger partial charge in [0.2, 0.25) is 0 Å². The zero-order chi connectivity index (χ0) is 19.0. The van der Waals surface area contributed by atoms with Crippen molar-refractivity contribution in [3.8, 4) is 17.1 Å². The number of rotatable bonds is 3. The van der Waals surface area contributed by atoms with Crippen LogP contribution in [0.1, 0.15) is 42.9 Å². The van der Waals surface area contributed by atoms with Crippen molar-refractivity contribution in [3.05, 3.63) is 60.2 Å². The molecule has 1 aliphatic rings. The molecule has 3 aromatic rings. The van der Waals surface area contributed by atoms with Crippen molar-refractivity contribution < 1.29 is 4.79 Å². The lowest BCUT2D eigenvalue weighted by atomic mass is 10.2. The van der Waals surface area contributed by atoms with Crippen LogP contribution in [0.3, 0.4) is 0 Å². The minimum atomic E-state index is -0.0245. The van der Waals surface area contributed by atoms with Crippen molar-refractivity contribution in [3.63, 3.8) is 0 Å². The Morgan fingerprint density at radius 1 is 1.07 bits per heavy atom. The average Bonchev–Trinajstić information content (AvgIpc) is 3.27. The third-order valence-electron chi connectivity index (χ3n) is 5.18. The van der Waals surface area contributed by atoms with E-state index >= 15 is 0 Å². The van der Waals surface area contributed by atoms with Gasteiger partial charge in [0.25, 0.3) is 5.91 Å². The number of pyridine rings is 2. The molecule has 4 rings (SSSR count). The van der Waals surface area contributed by atoms with E-state index in [9.17, 15) is 4.79 Å². The van der Waals surface area contributed by atoms with Crippen molar-refractivity contribution in [2.45, 2.75) is 45.7 Å². The van der Waals surface area contributed by atoms with E-state index in [4.69, 9.17) is 0 Å². The summed E-state index contributed by atoms with van der Waals surface area (Å²) in [5, 5.41) is 4.65. The molecule has 1 fully saturated rings. The van der Waals surface area contributed by atoms with Gasteiger partial charge in [-0.3, -0.25) is 14.8 Å². The summed E-state index contributed by atoms with van der Waals surface area (Å²) in [6.07, 6.45) is 5.57. The Kier molecular flexibility index (Phi) is 4.48. The maximum Gasteiger partial charge on any atom is 0.274 e. The highest BCUT2D eigenvalue weighted by atomic mass is 16.2. The van der Waals surface area contributed by atoms with Crippen LogP contribution in [0.5, 0.6) is 0 Å². The molecule has 0 spiro atoms. The molecule has 27 heavy (non-hydrogen) atoms. The van der Waals surface area contributed by atoms with Gasteiger partial charge in [-0.15, -0.1) is 0 Å². The molecule has 6 heteroatoms. The van der Waals surface area contributed by atoms with Crippen LogP contribution in [0.25, 0.3) is 17.1 Å². The Hall–Kier alpha value is -3.02. The normalized spacial score (nSPS) is 19.4. The maximum absolute atomic E-state index is 13.2. The Morgan fingerprint density at radius 2 is 1.85 bits per heavy atom. The van der Waals surface area contributed by atoms with E-state index in [1.165, 1.54) is 0 Å². The van der Waals surface area contributed by atoms with E-state index < -0.39 is 0 Å². The van der Waals surface area contributed by atoms with E-state index in [-0.39, 0.29) is 18.0 Å². The highest BCUT2D eigenvalue weighted by Crippen LogP contribution is 2.28. The highest BCUT2D eigenvalue weighted by Gasteiger charge is 2.33. The fourth-order valence-electron chi connectivity index (χ4n) is 3.69. The molecule has 6 nitrogen and oxygen atoms in total. The molecule has 4 heterocycles. The van der Waals surface area contributed by atoms with Crippen molar-refractivity contribution in [2.75, 3.05) is 0 Å². The lowest BCUT2D eigenvalue weighted by Crippen LogP contribution is -2.38. The van der Waals surface area contributed by atoms with Crippen LogP contribution >= 0.6 is 0 Å². The summed E-state index contributed by atoms with van der Waals surface area (Å²) < 4.78 is 1.76. The fourth-order valence-corrected chi connectivity index (χ4v) is 3.69. The van der Waals surface area contributed by atoms with Crippen LogP contribution in [0.4, 0.5) is 0 Å². The molecule has 0 N–H and O–H groups in total. The fraction of sp³-hybridized carbons (Fsp3) is 0.333. The third-order valence-corrected chi connectivity index (χ3v) is 5.18. The first-order valence-corrected chi connectivity index (χ1v) is 9.32. The van der Waals surface area contributed by atoms with Gasteiger partial charge in [0.05, 0.1) is 23.3 Å². The number of likely N-dealkylation sites (tertiary alicyclic amines) is 1. The molecular formula is C21H23N5O. The minimum Gasteiger partial charge on any atom is -0.332 e. The summed E-state index contributed by atoms with van der Waals surface area (Å²) in [4.78, 5) is 23.9. The molecule has 138 valence electrons. The van der Waals surface area contributed by atoms with Crippen LogP contribution in [0.15, 0.2) is 48.8 Å². The lowest BCUT2D eigenvalue weighted by Gasteiger charge is -2.25. The van der Waals surface area contributed by atoms with Crippen molar-refractivity contribution in [1.29, 1.82) is 0 Å². The molecule has 3 aromatic heterocycles.